The van der Waals surface area contributed by atoms with Gasteiger partial charge in [0, 0.05) is 16.7 Å². The first-order valence-electron chi connectivity index (χ1n) is 11.7. The van der Waals surface area contributed by atoms with Gasteiger partial charge in [-0.1, -0.05) is 19.7 Å². The summed E-state index contributed by atoms with van der Waals surface area (Å²) in [6.45, 7) is 15.0. The third-order valence-corrected chi connectivity index (χ3v) is 5.36. The van der Waals surface area contributed by atoms with Crippen molar-refractivity contribution in [2.45, 2.75) is 20.8 Å². The molecule has 0 spiro atoms. The molecule has 218 valence electrons. The van der Waals surface area contributed by atoms with Crippen LogP contribution in [0.5, 0.6) is 0 Å². The van der Waals surface area contributed by atoms with Crippen molar-refractivity contribution >= 4 is 25.7 Å². The van der Waals surface area contributed by atoms with Crippen molar-refractivity contribution in [1.82, 2.24) is 0 Å². The average molecular weight is 567 g/mol. The summed E-state index contributed by atoms with van der Waals surface area (Å²) in [5.41, 5.74) is 0.826. The number of phosphoric ester groups is 1. The topological polar surface area (TPSA) is 151 Å². The molecule has 0 aliphatic carbocycles. The van der Waals surface area contributed by atoms with Gasteiger partial charge in [0.2, 0.25) is 0 Å². The van der Waals surface area contributed by atoms with Crippen LogP contribution < -0.4 is 0 Å². The van der Waals surface area contributed by atoms with Gasteiger partial charge in [-0.2, -0.15) is 0 Å². The van der Waals surface area contributed by atoms with E-state index in [2.05, 4.69) is 19.7 Å². The number of ether oxygens (including phenoxy) is 6. The van der Waals surface area contributed by atoms with Gasteiger partial charge < -0.3 is 28.4 Å². The monoisotopic (exact) mass is 566 g/mol. The van der Waals surface area contributed by atoms with Gasteiger partial charge in [-0.15, -0.1) is 0 Å². The van der Waals surface area contributed by atoms with Crippen molar-refractivity contribution in [3.63, 3.8) is 0 Å². The maximum atomic E-state index is 12.9. The summed E-state index contributed by atoms with van der Waals surface area (Å²) in [6.07, 6.45) is 0. The van der Waals surface area contributed by atoms with Gasteiger partial charge in [-0.3, -0.25) is 13.6 Å². The first-order chi connectivity index (χ1) is 18.0. The number of esters is 3. The predicted molar refractivity (Wildman–Crippen MR) is 135 cm³/mol. The van der Waals surface area contributed by atoms with E-state index in [1.165, 1.54) is 20.8 Å². The van der Waals surface area contributed by atoms with Gasteiger partial charge >= 0.3 is 25.7 Å². The molecule has 0 fully saturated rings. The van der Waals surface area contributed by atoms with E-state index in [1.54, 1.807) is 0 Å². The molecule has 0 heterocycles. The number of hydrogen-bond acceptors (Lipinski definition) is 13. The molecule has 0 bridgehead atoms. The minimum atomic E-state index is -4.00. The number of hydrogen-bond donors (Lipinski definition) is 0. The SMILES string of the molecule is C=C(C)C(=O)OCCOCCOP(=O)(OCCOCCOC(=O)C(=C)C)OCCOCCOC(=O)C(=C)C. The highest BCUT2D eigenvalue weighted by molar-refractivity contribution is 7.48. The minimum absolute atomic E-state index is 0.0222. The van der Waals surface area contributed by atoms with Crippen LogP contribution in [-0.4, -0.2) is 97.2 Å². The molecule has 0 aromatic carbocycles. The summed E-state index contributed by atoms with van der Waals surface area (Å²) in [6, 6.07) is 0. The molecule has 0 rings (SSSR count). The molecular weight excluding hydrogens is 527 g/mol. The molecule has 38 heavy (non-hydrogen) atoms. The fourth-order valence-corrected chi connectivity index (χ4v) is 3.11. The van der Waals surface area contributed by atoms with Crippen molar-refractivity contribution in [1.29, 1.82) is 0 Å². The van der Waals surface area contributed by atoms with Crippen molar-refractivity contribution in [3.05, 3.63) is 36.5 Å². The van der Waals surface area contributed by atoms with Crippen LogP contribution in [0, 0.1) is 0 Å². The third-order valence-electron chi connectivity index (χ3n) is 3.86. The van der Waals surface area contributed by atoms with Gasteiger partial charge in [-0.05, 0) is 20.8 Å². The van der Waals surface area contributed by atoms with Gasteiger partial charge in [0.1, 0.15) is 19.8 Å². The van der Waals surface area contributed by atoms with Crippen LogP contribution in [0.2, 0.25) is 0 Å². The van der Waals surface area contributed by atoms with Gasteiger partial charge in [-0.25, -0.2) is 18.9 Å². The number of rotatable bonds is 24. The Balaban J connectivity index is 4.35. The van der Waals surface area contributed by atoms with Crippen molar-refractivity contribution < 1.29 is 60.9 Å². The lowest BCUT2D eigenvalue weighted by atomic mass is 10.4. The molecule has 0 unspecified atom stereocenters. The summed E-state index contributed by atoms with van der Waals surface area (Å²) in [7, 11) is -4.00. The maximum absolute atomic E-state index is 12.9. The summed E-state index contributed by atoms with van der Waals surface area (Å²) in [4.78, 5) is 33.9. The van der Waals surface area contributed by atoms with Crippen molar-refractivity contribution in [2.75, 3.05) is 79.3 Å². The Labute approximate surface area is 223 Å². The smallest absolute Gasteiger partial charge is 0.460 e. The Morgan fingerprint density at radius 3 is 0.947 bits per heavy atom. The molecule has 0 atom stereocenters. The first-order valence-corrected chi connectivity index (χ1v) is 13.2. The molecule has 0 N–H and O–H groups in total. The predicted octanol–water partition coefficient (Wildman–Crippen LogP) is 2.55. The zero-order valence-corrected chi connectivity index (χ0v) is 23.3. The molecule has 0 radical (unpaired) electrons. The van der Waals surface area contributed by atoms with Crippen LogP contribution >= 0.6 is 7.82 Å². The molecule has 0 aromatic heterocycles. The molecule has 14 heteroatoms. The quantitative estimate of drug-likeness (QED) is 0.0554. The molecule has 13 nitrogen and oxygen atoms in total. The second-order valence-electron chi connectivity index (χ2n) is 7.53. The lowest BCUT2D eigenvalue weighted by Crippen LogP contribution is -2.16. The van der Waals surface area contributed by atoms with Crippen LogP contribution in [-0.2, 0) is 60.9 Å². The van der Waals surface area contributed by atoms with E-state index in [4.69, 9.17) is 42.0 Å². The first kappa shape index (κ1) is 35.6. The highest BCUT2D eigenvalue weighted by Gasteiger charge is 2.26. The highest BCUT2D eigenvalue weighted by atomic mass is 31.2. The molecule has 0 aromatic rings. The van der Waals surface area contributed by atoms with E-state index < -0.39 is 25.7 Å². The number of carbonyl (C=O) groups is 3. The van der Waals surface area contributed by atoms with Gasteiger partial charge in [0.25, 0.3) is 0 Å². The maximum Gasteiger partial charge on any atom is 0.475 e. The second-order valence-corrected chi connectivity index (χ2v) is 9.20. The molecule has 0 aliphatic rings. The fraction of sp³-hybridized carbons (Fsp3) is 0.625. The normalized spacial score (nSPS) is 11.0. The van der Waals surface area contributed by atoms with E-state index >= 15 is 0 Å². The number of phosphoric acid groups is 1. The van der Waals surface area contributed by atoms with Crippen LogP contribution in [0.15, 0.2) is 36.5 Å². The minimum Gasteiger partial charge on any atom is -0.460 e. The van der Waals surface area contributed by atoms with E-state index in [0.717, 1.165) is 0 Å². The van der Waals surface area contributed by atoms with Crippen LogP contribution in [0.3, 0.4) is 0 Å². The van der Waals surface area contributed by atoms with E-state index in [-0.39, 0.29) is 96.0 Å². The summed E-state index contributed by atoms with van der Waals surface area (Å²) < 4.78 is 59.1. The Bertz CT molecular complexity index is 720. The third kappa shape index (κ3) is 19.7. The van der Waals surface area contributed by atoms with Gasteiger partial charge in [0.15, 0.2) is 0 Å². The second kappa shape index (κ2) is 21.5. The molecule has 0 saturated heterocycles. The Morgan fingerprint density at radius 1 is 0.474 bits per heavy atom. The Kier molecular flexibility index (Phi) is 20.2. The fourth-order valence-electron chi connectivity index (χ4n) is 1.99. The standard InChI is InChI=1S/C24H39O13P/c1-19(2)22(25)32-13-7-29-10-16-35-38(28,36-17-11-30-8-14-33-23(26)20(3)4)37-18-12-31-9-15-34-24(27)21(5)6/h1,3,5,7-18H2,2,4,6H3. The lowest BCUT2D eigenvalue weighted by Gasteiger charge is -2.18. The summed E-state index contributed by atoms with van der Waals surface area (Å²) in [5, 5.41) is 0. The van der Waals surface area contributed by atoms with Crippen molar-refractivity contribution in [3.8, 4) is 0 Å². The van der Waals surface area contributed by atoms with Crippen LogP contribution in [0.1, 0.15) is 20.8 Å². The number of carbonyl (C=O) groups excluding carboxylic acids is 3. The Hall–Kier alpha value is -2.38. The van der Waals surface area contributed by atoms with Crippen molar-refractivity contribution in [2.24, 2.45) is 0 Å². The van der Waals surface area contributed by atoms with E-state index in [1.807, 2.05) is 0 Å². The largest absolute Gasteiger partial charge is 0.475 e. The van der Waals surface area contributed by atoms with Gasteiger partial charge in [0.05, 0.1) is 59.5 Å². The molecule has 0 amide bonds. The molecule has 0 saturated carbocycles. The lowest BCUT2D eigenvalue weighted by molar-refractivity contribution is -0.141. The summed E-state index contributed by atoms with van der Waals surface area (Å²) >= 11 is 0. The summed E-state index contributed by atoms with van der Waals surface area (Å²) in [5.74, 6) is -1.57. The van der Waals surface area contributed by atoms with E-state index in [0.29, 0.717) is 0 Å². The zero-order chi connectivity index (χ0) is 28.8. The zero-order valence-electron chi connectivity index (χ0n) is 22.4. The average Bonchev–Trinajstić information content (AvgIpc) is 2.86. The van der Waals surface area contributed by atoms with E-state index in [9.17, 15) is 18.9 Å². The molecular formula is C24H39O13P. The highest BCUT2D eigenvalue weighted by Crippen LogP contribution is 2.49. The van der Waals surface area contributed by atoms with Crippen LogP contribution in [0.25, 0.3) is 0 Å². The van der Waals surface area contributed by atoms with Crippen LogP contribution in [0.4, 0.5) is 0 Å². The molecule has 0 aliphatic heterocycles. The Morgan fingerprint density at radius 2 is 0.711 bits per heavy atom.